The summed E-state index contributed by atoms with van der Waals surface area (Å²) in [7, 11) is 0. The van der Waals surface area contributed by atoms with Crippen LogP contribution in [-0.4, -0.2) is 6.54 Å². The highest BCUT2D eigenvalue weighted by molar-refractivity contribution is 5.43. The summed E-state index contributed by atoms with van der Waals surface area (Å²) < 4.78 is 5.80. The zero-order valence-electron chi connectivity index (χ0n) is 11.9. The zero-order valence-corrected chi connectivity index (χ0v) is 11.9. The van der Waals surface area contributed by atoms with E-state index in [4.69, 9.17) is 15.7 Å². The van der Waals surface area contributed by atoms with Gasteiger partial charge in [0.2, 0.25) is 0 Å². The molecule has 3 nitrogen and oxygen atoms in total. The summed E-state index contributed by atoms with van der Waals surface area (Å²) in [5, 5.41) is 8.76. The lowest BCUT2D eigenvalue weighted by Crippen LogP contribution is -1.97. The number of nitrogens with zero attached hydrogens (tertiary/aromatic N) is 1. The Morgan fingerprint density at radius 2 is 1.81 bits per heavy atom. The number of nitrogens with two attached hydrogens (primary N) is 1. The quantitative estimate of drug-likeness (QED) is 0.877. The summed E-state index contributed by atoms with van der Waals surface area (Å²) in [5.74, 6) is 6.66. The summed E-state index contributed by atoms with van der Waals surface area (Å²) in [5.41, 5.74) is 9.01. The first kappa shape index (κ1) is 14.7. The van der Waals surface area contributed by atoms with Crippen molar-refractivity contribution < 1.29 is 4.74 Å². The molecule has 0 saturated carbocycles. The van der Waals surface area contributed by atoms with Crippen molar-refractivity contribution in [3.8, 4) is 23.7 Å². The van der Waals surface area contributed by atoms with E-state index in [1.165, 1.54) is 0 Å². The Morgan fingerprint density at radius 1 is 1.10 bits per heavy atom. The Labute approximate surface area is 125 Å². The first-order chi connectivity index (χ1) is 10.2. The highest BCUT2D eigenvalue weighted by Crippen LogP contribution is 2.20. The molecule has 0 aliphatic carbocycles. The first-order valence-corrected chi connectivity index (χ1v) is 6.64. The van der Waals surface area contributed by atoms with Gasteiger partial charge in [-0.25, -0.2) is 0 Å². The monoisotopic (exact) mass is 276 g/mol. The van der Waals surface area contributed by atoms with Crippen molar-refractivity contribution in [3.63, 3.8) is 0 Å². The molecule has 0 fully saturated rings. The average Bonchev–Trinajstić information content (AvgIpc) is 2.52. The van der Waals surface area contributed by atoms with E-state index in [-0.39, 0.29) is 0 Å². The predicted octanol–water partition coefficient (Wildman–Crippen LogP) is 2.76. The van der Waals surface area contributed by atoms with Crippen LogP contribution in [0, 0.1) is 30.1 Å². The van der Waals surface area contributed by atoms with Gasteiger partial charge < -0.3 is 10.5 Å². The molecule has 2 aromatic carbocycles. The van der Waals surface area contributed by atoms with Gasteiger partial charge in [-0.3, -0.25) is 0 Å². The molecule has 0 bridgehead atoms. The van der Waals surface area contributed by atoms with Crippen molar-refractivity contribution in [2.24, 2.45) is 5.73 Å². The van der Waals surface area contributed by atoms with Crippen LogP contribution in [0.3, 0.4) is 0 Å². The van der Waals surface area contributed by atoms with Crippen molar-refractivity contribution in [2.45, 2.75) is 13.5 Å². The van der Waals surface area contributed by atoms with E-state index in [0.717, 1.165) is 22.4 Å². The van der Waals surface area contributed by atoms with E-state index < -0.39 is 0 Å². The van der Waals surface area contributed by atoms with E-state index in [2.05, 4.69) is 17.9 Å². The van der Waals surface area contributed by atoms with Crippen LogP contribution < -0.4 is 10.5 Å². The highest BCUT2D eigenvalue weighted by atomic mass is 16.5. The molecular weight excluding hydrogens is 260 g/mol. The molecule has 0 aliphatic rings. The molecule has 0 aliphatic heterocycles. The molecule has 0 unspecified atom stereocenters. The Kier molecular flexibility index (Phi) is 4.99. The van der Waals surface area contributed by atoms with E-state index in [1.807, 2.05) is 37.3 Å². The molecule has 0 radical (unpaired) electrons. The molecule has 0 saturated heterocycles. The Morgan fingerprint density at radius 3 is 2.43 bits per heavy atom. The second-order valence-corrected chi connectivity index (χ2v) is 4.58. The predicted molar refractivity (Wildman–Crippen MR) is 82.6 cm³/mol. The molecule has 2 N–H and O–H groups in total. The molecular formula is C18H16N2O. The second kappa shape index (κ2) is 7.14. The van der Waals surface area contributed by atoms with Crippen LogP contribution in [-0.2, 0) is 6.61 Å². The molecule has 2 aromatic rings. The highest BCUT2D eigenvalue weighted by Gasteiger charge is 2.01. The van der Waals surface area contributed by atoms with Crippen LogP contribution in [0.2, 0.25) is 0 Å². The third-order valence-electron chi connectivity index (χ3n) is 2.99. The molecule has 0 amide bonds. The van der Waals surface area contributed by atoms with Gasteiger partial charge in [-0.05, 0) is 48.4 Å². The first-order valence-electron chi connectivity index (χ1n) is 6.64. The minimum absolute atomic E-state index is 0.357. The SMILES string of the molecule is Cc1cc(C#CCN)ccc1OCc1ccc(C#N)cc1. The molecule has 3 heteroatoms. The minimum atomic E-state index is 0.357. The molecule has 0 spiro atoms. The third kappa shape index (κ3) is 4.11. The zero-order chi connectivity index (χ0) is 15.1. The molecule has 2 rings (SSSR count). The number of ether oxygens (including phenoxy) is 1. The fourth-order valence-electron chi connectivity index (χ4n) is 1.88. The Balaban J connectivity index is 2.04. The van der Waals surface area contributed by atoms with Crippen molar-refractivity contribution in [1.82, 2.24) is 0 Å². The number of benzene rings is 2. The second-order valence-electron chi connectivity index (χ2n) is 4.58. The Hall–Kier alpha value is -2.75. The van der Waals surface area contributed by atoms with Gasteiger partial charge in [0, 0.05) is 5.56 Å². The lowest BCUT2D eigenvalue weighted by Gasteiger charge is -2.09. The lowest BCUT2D eigenvalue weighted by molar-refractivity contribution is 0.304. The fraction of sp³-hybridized carbons (Fsp3) is 0.167. The van der Waals surface area contributed by atoms with E-state index in [0.29, 0.717) is 18.7 Å². The van der Waals surface area contributed by atoms with Crippen LogP contribution in [0.4, 0.5) is 0 Å². The maximum atomic E-state index is 8.76. The largest absolute Gasteiger partial charge is 0.489 e. The van der Waals surface area contributed by atoms with Gasteiger partial charge in [0.15, 0.2) is 0 Å². The molecule has 104 valence electrons. The molecule has 0 atom stereocenters. The number of rotatable bonds is 3. The topological polar surface area (TPSA) is 59.0 Å². The number of hydrogen-bond acceptors (Lipinski definition) is 3. The maximum absolute atomic E-state index is 8.76. The normalized spacial score (nSPS) is 9.38. The van der Waals surface area contributed by atoms with E-state index in [1.54, 1.807) is 12.1 Å². The van der Waals surface area contributed by atoms with Crippen molar-refractivity contribution >= 4 is 0 Å². The van der Waals surface area contributed by atoms with Crippen molar-refractivity contribution in [1.29, 1.82) is 5.26 Å². The summed E-state index contributed by atoms with van der Waals surface area (Å²) in [4.78, 5) is 0. The van der Waals surface area contributed by atoms with Gasteiger partial charge in [-0.15, -0.1) is 0 Å². The molecule has 0 aromatic heterocycles. The number of hydrogen-bond donors (Lipinski definition) is 1. The maximum Gasteiger partial charge on any atom is 0.122 e. The summed E-state index contributed by atoms with van der Waals surface area (Å²) in [6.45, 7) is 2.82. The summed E-state index contributed by atoms with van der Waals surface area (Å²) in [6, 6.07) is 15.3. The van der Waals surface area contributed by atoms with Crippen molar-refractivity contribution in [3.05, 3.63) is 64.7 Å². The number of nitriles is 1. The van der Waals surface area contributed by atoms with Crippen LogP contribution in [0.25, 0.3) is 0 Å². The summed E-state index contributed by atoms with van der Waals surface area (Å²) in [6.07, 6.45) is 0. The average molecular weight is 276 g/mol. The third-order valence-corrected chi connectivity index (χ3v) is 2.99. The smallest absolute Gasteiger partial charge is 0.122 e. The lowest BCUT2D eigenvalue weighted by atomic mass is 10.1. The van der Waals surface area contributed by atoms with Gasteiger partial charge in [0.1, 0.15) is 12.4 Å². The van der Waals surface area contributed by atoms with Gasteiger partial charge in [0.05, 0.1) is 18.2 Å². The van der Waals surface area contributed by atoms with Crippen LogP contribution in [0.15, 0.2) is 42.5 Å². The van der Waals surface area contributed by atoms with Gasteiger partial charge in [-0.2, -0.15) is 5.26 Å². The minimum Gasteiger partial charge on any atom is -0.489 e. The fourth-order valence-corrected chi connectivity index (χ4v) is 1.88. The van der Waals surface area contributed by atoms with Crippen LogP contribution in [0.5, 0.6) is 5.75 Å². The van der Waals surface area contributed by atoms with Crippen molar-refractivity contribution in [2.75, 3.05) is 6.54 Å². The Bertz CT molecular complexity index is 716. The van der Waals surface area contributed by atoms with Gasteiger partial charge >= 0.3 is 0 Å². The number of aryl methyl sites for hydroxylation is 1. The molecule has 0 heterocycles. The summed E-state index contributed by atoms with van der Waals surface area (Å²) >= 11 is 0. The van der Waals surface area contributed by atoms with Crippen LogP contribution in [0.1, 0.15) is 22.3 Å². The van der Waals surface area contributed by atoms with Crippen LogP contribution >= 0.6 is 0 Å². The van der Waals surface area contributed by atoms with E-state index in [9.17, 15) is 0 Å². The van der Waals surface area contributed by atoms with Gasteiger partial charge in [-0.1, -0.05) is 24.0 Å². The molecule has 21 heavy (non-hydrogen) atoms. The standard InChI is InChI=1S/C18H16N2O/c1-14-11-15(3-2-10-19)8-9-18(14)21-13-17-6-4-16(12-20)5-7-17/h4-9,11H,10,13,19H2,1H3. The van der Waals surface area contributed by atoms with E-state index >= 15 is 0 Å². The van der Waals surface area contributed by atoms with Gasteiger partial charge in [0.25, 0.3) is 0 Å².